The summed E-state index contributed by atoms with van der Waals surface area (Å²) in [6.07, 6.45) is 5.47. The number of thiophene rings is 1. The second-order valence-electron chi connectivity index (χ2n) is 6.78. The second-order valence-corrected chi connectivity index (χ2v) is 7.64. The number of nitrogens with one attached hydrogen (secondary N) is 2. The lowest BCUT2D eigenvalue weighted by molar-refractivity contribution is -0.121. The second kappa shape index (κ2) is 6.83. The van der Waals surface area contributed by atoms with Crippen LogP contribution in [0.4, 0.5) is 0 Å². The van der Waals surface area contributed by atoms with Gasteiger partial charge < -0.3 is 10.3 Å². The highest BCUT2D eigenvalue weighted by Crippen LogP contribution is 2.23. The van der Waals surface area contributed by atoms with Gasteiger partial charge in [0.1, 0.15) is 10.7 Å². The highest BCUT2D eigenvalue weighted by molar-refractivity contribution is 7.16. The maximum Gasteiger partial charge on any atom is 0.259 e. The Hall–Kier alpha value is -1.69. The van der Waals surface area contributed by atoms with Crippen LogP contribution in [-0.2, 0) is 17.6 Å². The standard InChI is InChI=1S/C17H23N3O2S/c1-10(2)7-11-9-23-17-15(11)16(22)19-13(20-17)8-14(21)18-12-5-3-4-6-12/h9-10,12H,3-8H2,1-2H3,(H,18,21)(H,19,20,22). The fourth-order valence-corrected chi connectivity index (χ4v) is 4.20. The molecular formula is C17H23N3O2S. The minimum absolute atomic E-state index is 0.0571. The highest BCUT2D eigenvalue weighted by Gasteiger charge is 2.18. The van der Waals surface area contributed by atoms with Crippen molar-refractivity contribution in [1.29, 1.82) is 0 Å². The van der Waals surface area contributed by atoms with Gasteiger partial charge in [-0.2, -0.15) is 0 Å². The van der Waals surface area contributed by atoms with Gasteiger partial charge >= 0.3 is 0 Å². The lowest BCUT2D eigenvalue weighted by Crippen LogP contribution is -2.34. The number of amides is 1. The molecule has 1 amide bonds. The lowest BCUT2D eigenvalue weighted by Gasteiger charge is -2.11. The molecule has 2 aromatic heterocycles. The highest BCUT2D eigenvalue weighted by atomic mass is 32.1. The van der Waals surface area contributed by atoms with Crippen LogP contribution in [0, 0.1) is 5.92 Å². The minimum atomic E-state index is -0.129. The number of aromatic amines is 1. The molecule has 0 aromatic carbocycles. The van der Waals surface area contributed by atoms with Crippen LogP contribution in [0.2, 0.25) is 0 Å². The number of carbonyl (C=O) groups excluding carboxylic acids is 1. The first-order valence-electron chi connectivity index (χ1n) is 8.31. The number of nitrogens with zero attached hydrogens (tertiary/aromatic N) is 1. The Balaban J connectivity index is 1.77. The van der Waals surface area contributed by atoms with Gasteiger partial charge in [-0.05, 0) is 36.1 Å². The van der Waals surface area contributed by atoms with Crippen LogP contribution in [0.25, 0.3) is 10.2 Å². The van der Waals surface area contributed by atoms with E-state index >= 15 is 0 Å². The van der Waals surface area contributed by atoms with Crippen molar-refractivity contribution in [3.8, 4) is 0 Å². The Morgan fingerprint density at radius 2 is 2.17 bits per heavy atom. The Bertz CT molecular complexity index is 757. The van der Waals surface area contributed by atoms with Crippen molar-refractivity contribution in [1.82, 2.24) is 15.3 Å². The van der Waals surface area contributed by atoms with Crippen molar-refractivity contribution in [3.63, 3.8) is 0 Å². The van der Waals surface area contributed by atoms with Crippen LogP contribution >= 0.6 is 11.3 Å². The first-order valence-corrected chi connectivity index (χ1v) is 9.19. The molecule has 2 aromatic rings. The van der Waals surface area contributed by atoms with Gasteiger partial charge in [-0.1, -0.05) is 26.7 Å². The third-order valence-electron chi connectivity index (χ3n) is 4.25. The summed E-state index contributed by atoms with van der Waals surface area (Å²) < 4.78 is 0. The summed E-state index contributed by atoms with van der Waals surface area (Å²) in [5.74, 6) is 0.887. The topological polar surface area (TPSA) is 74.8 Å². The molecule has 0 saturated heterocycles. The quantitative estimate of drug-likeness (QED) is 0.883. The van der Waals surface area contributed by atoms with E-state index in [-0.39, 0.29) is 23.9 Å². The molecule has 23 heavy (non-hydrogen) atoms. The molecule has 1 fully saturated rings. The molecule has 0 aliphatic heterocycles. The molecule has 1 aliphatic rings. The van der Waals surface area contributed by atoms with Crippen molar-refractivity contribution in [3.05, 3.63) is 27.1 Å². The van der Waals surface area contributed by atoms with Gasteiger partial charge in [0.25, 0.3) is 5.56 Å². The van der Waals surface area contributed by atoms with E-state index in [0.29, 0.717) is 17.1 Å². The maximum absolute atomic E-state index is 12.4. The van der Waals surface area contributed by atoms with Gasteiger partial charge in [-0.25, -0.2) is 4.98 Å². The summed E-state index contributed by atoms with van der Waals surface area (Å²) in [5, 5.41) is 5.72. The van der Waals surface area contributed by atoms with E-state index < -0.39 is 0 Å². The summed E-state index contributed by atoms with van der Waals surface area (Å²) >= 11 is 1.48. The van der Waals surface area contributed by atoms with Crippen molar-refractivity contribution in [2.24, 2.45) is 5.92 Å². The molecular weight excluding hydrogens is 310 g/mol. The number of aromatic nitrogens is 2. The summed E-state index contributed by atoms with van der Waals surface area (Å²) in [6, 6.07) is 0.289. The monoisotopic (exact) mass is 333 g/mol. The average molecular weight is 333 g/mol. The number of fused-ring (bicyclic) bond motifs is 1. The van der Waals surface area contributed by atoms with Crippen molar-refractivity contribution in [2.45, 2.75) is 58.4 Å². The van der Waals surface area contributed by atoms with Gasteiger partial charge in [-0.15, -0.1) is 11.3 Å². The molecule has 0 unspecified atom stereocenters. The molecule has 2 N–H and O–H groups in total. The predicted molar refractivity (Wildman–Crippen MR) is 92.9 cm³/mol. The van der Waals surface area contributed by atoms with E-state index in [4.69, 9.17) is 0 Å². The lowest BCUT2D eigenvalue weighted by atomic mass is 10.0. The molecule has 5 nitrogen and oxygen atoms in total. The summed E-state index contributed by atoms with van der Waals surface area (Å²) in [4.78, 5) is 32.5. The number of rotatable bonds is 5. The third-order valence-corrected chi connectivity index (χ3v) is 5.17. The molecule has 3 rings (SSSR count). The number of carbonyl (C=O) groups is 1. The van der Waals surface area contributed by atoms with E-state index in [1.54, 1.807) is 0 Å². The van der Waals surface area contributed by atoms with Gasteiger partial charge in [0.15, 0.2) is 0 Å². The van der Waals surface area contributed by atoms with Crippen LogP contribution in [0.15, 0.2) is 10.2 Å². The van der Waals surface area contributed by atoms with Crippen LogP contribution in [-0.4, -0.2) is 21.9 Å². The van der Waals surface area contributed by atoms with Crippen molar-refractivity contribution < 1.29 is 4.79 Å². The van der Waals surface area contributed by atoms with Crippen molar-refractivity contribution >= 4 is 27.5 Å². The molecule has 124 valence electrons. The largest absolute Gasteiger partial charge is 0.353 e. The Kier molecular flexibility index (Phi) is 4.80. The molecule has 1 aliphatic carbocycles. The van der Waals surface area contributed by atoms with Gasteiger partial charge in [-0.3, -0.25) is 9.59 Å². The number of hydrogen-bond donors (Lipinski definition) is 2. The Morgan fingerprint density at radius 3 is 2.87 bits per heavy atom. The molecule has 2 heterocycles. The Morgan fingerprint density at radius 1 is 1.43 bits per heavy atom. The summed E-state index contributed by atoms with van der Waals surface area (Å²) in [6.45, 7) is 4.26. The summed E-state index contributed by atoms with van der Waals surface area (Å²) in [5.41, 5.74) is 0.922. The van der Waals surface area contributed by atoms with E-state index in [9.17, 15) is 9.59 Å². The molecule has 1 saturated carbocycles. The van der Waals surface area contributed by atoms with Gasteiger partial charge in [0.05, 0.1) is 11.8 Å². The minimum Gasteiger partial charge on any atom is -0.353 e. The van der Waals surface area contributed by atoms with E-state index in [1.807, 2.05) is 5.38 Å². The zero-order chi connectivity index (χ0) is 16.4. The van der Waals surface area contributed by atoms with E-state index in [1.165, 1.54) is 24.2 Å². The normalized spacial score (nSPS) is 15.6. The Labute approximate surface area is 139 Å². The average Bonchev–Trinajstić information content (AvgIpc) is 3.08. The molecule has 0 spiro atoms. The molecule has 6 heteroatoms. The van der Waals surface area contributed by atoms with Crippen LogP contribution in [0.3, 0.4) is 0 Å². The first kappa shape index (κ1) is 16.2. The fraction of sp³-hybridized carbons (Fsp3) is 0.588. The van der Waals surface area contributed by atoms with E-state index in [0.717, 1.165) is 29.7 Å². The zero-order valence-electron chi connectivity index (χ0n) is 13.6. The van der Waals surface area contributed by atoms with E-state index in [2.05, 4.69) is 29.1 Å². The molecule has 0 atom stereocenters. The smallest absolute Gasteiger partial charge is 0.259 e. The SMILES string of the molecule is CC(C)Cc1csc2nc(CC(=O)NC3CCCC3)[nH]c(=O)c12. The number of H-pyrrole nitrogens is 1. The third kappa shape index (κ3) is 3.80. The fourth-order valence-electron chi connectivity index (χ4n) is 3.23. The van der Waals surface area contributed by atoms with Crippen molar-refractivity contribution in [2.75, 3.05) is 0 Å². The maximum atomic E-state index is 12.4. The van der Waals surface area contributed by atoms with Crippen LogP contribution < -0.4 is 10.9 Å². The molecule has 0 bridgehead atoms. The van der Waals surface area contributed by atoms with Gasteiger partial charge in [0.2, 0.25) is 5.91 Å². The zero-order valence-corrected chi connectivity index (χ0v) is 14.5. The van der Waals surface area contributed by atoms with Crippen LogP contribution in [0.1, 0.15) is 50.9 Å². The molecule has 0 radical (unpaired) electrons. The predicted octanol–water partition coefficient (Wildman–Crippen LogP) is 2.78. The summed E-state index contributed by atoms with van der Waals surface area (Å²) in [7, 11) is 0. The number of hydrogen-bond acceptors (Lipinski definition) is 4. The van der Waals surface area contributed by atoms with Gasteiger partial charge in [0, 0.05) is 6.04 Å². The first-order chi connectivity index (χ1) is 11.0. The van der Waals surface area contributed by atoms with Crippen LogP contribution in [0.5, 0.6) is 0 Å².